The lowest BCUT2D eigenvalue weighted by atomic mass is 10.2. The SMILES string of the molecule is CC(=O)N1CCN(C(=O)c2cccc(S(=O)(=O)C3CCS(=O)(=O)C3)c2)CC1. The zero-order chi connectivity index (χ0) is 19.8. The first-order chi connectivity index (χ1) is 12.6. The fourth-order valence-electron chi connectivity index (χ4n) is 3.41. The topological polar surface area (TPSA) is 109 Å². The second-order valence-electron chi connectivity index (χ2n) is 6.90. The van der Waals surface area contributed by atoms with Gasteiger partial charge in [0.05, 0.1) is 21.7 Å². The van der Waals surface area contributed by atoms with Crippen molar-refractivity contribution in [3.8, 4) is 0 Å². The van der Waals surface area contributed by atoms with Gasteiger partial charge in [0.15, 0.2) is 19.7 Å². The molecule has 8 nitrogen and oxygen atoms in total. The molecule has 2 saturated heterocycles. The van der Waals surface area contributed by atoms with Crippen LogP contribution in [0.5, 0.6) is 0 Å². The number of sulfone groups is 2. The fraction of sp³-hybridized carbons (Fsp3) is 0.529. The molecule has 0 N–H and O–H groups in total. The molecule has 148 valence electrons. The first-order valence-electron chi connectivity index (χ1n) is 8.69. The second kappa shape index (κ2) is 7.23. The zero-order valence-corrected chi connectivity index (χ0v) is 16.6. The Labute approximate surface area is 159 Å². The van der Waals surface area contributed by atoms with Gasteiger partial charge in [0.2, 0.25) is 5.91 Å². The van der Waals surface area contributed by atoms with Crippen LogP contribution in [0.3, 0.4) is 0 Å². The monoisotopic (exact) mass is 414 g/mol. The highest BCUT2D eigenvalue weighted by Gasteiger charge is 2.38. The molecular weight excluding hydrogens is 392 g/mol. The maximum atomic E-state index is 12.8. The minimum Gasteiger partial charge on any atom is -0.339 e. The Morgan fingerprint density at radius 3 is 2.26 bits per heavy atom. The van der Waals surface area contributed by atoms with Gasteiger partial charge in [-0.1, -0.05) is 6.07 Å². The van der Waals surface area contributed by atoms with Gasteiger partial charge in [-0.3, -0.25) is 9.59 Å². The van der Waals surface area contributed by atoms with Gasteiger partial charge in [-0.15, -0.1) is 0 Å². The molecule has 2 aliphatic rings. The Kier molecular flexibility index (Phi) is 5.31. The summed E-state index contributed by atoms with van der Waals surface area (Å²) in [7, 11) is -7.15. The van der Waals surface area contributed by atoms with Crippen molar-refractivity contribution in [1.29, 1.82) is 0 Å². The molecule has 0 radical (unpaired) electrons. The molecule has 10 heteroatoms. The van der Waals surface area contributed by atoms with E-state index in [4.69, 9.17) is 0 Å². The van der Waals surface area contributed by atoms with Crippen LogP contribution < -0.4 is 0 Å². The zero-order valence-electron chi connectivity index (χ0n) is 15.0. The number of carbonyl (C=O) groups excluding carboxylic acids is 2. The molecule has 0 aromatic heterocycles. The van der Waals surface area contributed by atoms with Crippen LogP contribution in [-0.4, -0.2) is 81.4 Å². The second-order valence-corrected chi connectivity index (χ2v) is 11.4. The predicted molar refractivity (Wildman–Crippen MR) is 98.8 cm³/mol. The average molecular weight is 415 g/mol. The van der Waals surface area contributed by atoms with Crippen LogP contribution in [0.2, 0.25) is 0 Å². The van der Waals surface area contributed by atoms with Gasteiger partial charge in [-0.25, -0.2) is 16.8 Å². The van der Waals surface area contributed by atoms with Gasteiger partial charge in [0.1, 0.15) is 0 Å². The van der Waals surface area contributed by atoms with Gasteiger partial charge in [0, 0.05) is 38.7 Å². The summed E-state index contributed by atoms with van der Waals surface area (Å²) in [6.07, 6.45) is 0.0792. The number of carbonyl (C=O) groups is 2. The largest absolute Gasteiger partial charge is 0.339 e. The lowest BCUT2D eigenvalue weighted by Crippen LogP contribution is -2.50. The van der Waals surface area contributed by atoms with E-state index in [0.717, 1.165) is 0 Å². The Morgan fingerprint density at radius 2 is 1.70 bits per heavy atom. The Morgan fingerprint density at radius 1 is 1.07 bits per heavy atom. The van der Waals surface area contributed by atoms with Crippen molar-refractivity contribution < 1.29 is 26.4 Å². The number of piperazine rings is 1. The summed E-state index contributed by atoms with van der Waals surface area (Å²) < 4.78 is 48.8. The van der Waals surface area contributed by atoms with Gasteiger partial charge >= 0.3 is 0 Å². The summed E-state index contributed by atoms with van der Waals surface area (Å²) in [5.41, 5.74) is 0.244. The molecule has 1 atom stereocenters. The van der Waals surface area contributed by atoms with Crippen LogP contribution in [0.1, 0.15) is 23.7 Å². The summed E-state index contributed by atoms with van der Waals surface area (Å²) in [5.74, 6) is -0.841. The summed E-state index contributed by atoms with van der Waals surface area (Å²) in [4.78, 5) is 27.3. The third-order valence-corrected chi connectivity index (χ3v) is 9.22. The minimum absolute atomic E-state index is 0.0298. The van der Waals surface area contributed by atoms with E-state index in [1.165, 1.54) is 25.1 Å². The third-order valence-electron chi connectivity index (χ3n) is 5.05. The highest BCUT2D eigenvalue weighted by atomic mass is 32.2. The van der Waals surface area contributed by atoms with Crippen LogP contribution in [0.15, 0.2) is 29.2 Å². The summed E-state index contributed by atoms with van der Waals surface area (Å²) in [6, 6.07) is 5.75. The molecule has 2 fully saturated rings. The Hall–Kier alpha value is -1.94. The normalized spacial score (nSPS) is 22.6. The van der Waals surface area contributed by atoms with Crippen molar-refractivity contribution in [2.24, 2.45) is 0 Å². The highest BCUT2D eigenvalue weighted by molar-refractivity contribution is 7.96. The van der Waals surface area contributed by atoms with Gasteiger partial charge in [-0.2, -0.15) is 0 Å². The number of hydrogen-bond donors (Lipinski definition) is 0. The number of rotatable bonds is 3. The predicted octanol–water partition coefficient (Wildman–Crippen LogP) is -0.0483. The van der Waals surface area contributed by atoms with Gasteiger partial charge in [0.25, 0.3) is 5.91 Å². The van der Waals surface area contributed by atoms with E-state index in [2.05, 4.69) is 0 Å². The van der Waals surface area contributed by atoms with Gasteiger partial charge < -0.3 is 9.80 Å². The van der Waals surface area contributed by atoms with E-state index in [0.29, 0.717) is 26.2 Å². The average Bonchev–Trinajstić information content (AvgIpc) is 3.02. The first kappa shape index (κ1) is 19.8. The standard InChI is InChI=1S/C17H22N2O6S2/c1-13(20)18-6-8-19(9-7-18)17(21)14-3-2-4-15(11-14)27(24,25)16-5-10-26(22,23)12-16/h2-4,11,16H,5-10,12H2,1H3. The van der Waals surface area contributed by atoms with Crippen molar-refractivity contribution >= 4 is 31.5 Å². The van der Waals surface area contributed by atoms with E-state index in [1.807, 2.05) is 0 Å². The van der Waals surface area contributed by atoms with Crippen molar-refractivity contribution in [2.75, 3.05) is 37.7 Å². The summed E-state index contributed by atoms with van der Waals surface area (Å²) in [5, 5.41) is -0.966. The molecule has 1 aromatic rings. The molecule has 2 aliphatic heterocycles. The maximum Gasteiger partial charge on any atom is 0.254 e. The Balaban J connectivity index is 1.78. The molecule has 27 heavy (non-hydrogen) atoms. The van der Waals surface area contributed by atoms with Crippen molar-refractivity contribution in [3.63, 3.8) is 0 Å². The lowest BCUT2D eigenvalue weighted by molar-refractivity contribution is -0.130. The number of benzene rings is 1. The number of hydrogen-bond acceptors (Lipinski definition) is 6. The number of nitrogens with zero attached hydrogens (tertiary/aromatic N) is 2. The van der Waals surface area contributed by atoms with Gasteiger partial charge in [-0.05, 0) is 24.6 Å². The van der Waals surface area contributed by atoms with Crippen LogP contribution in [0.4, 0.5) is 0 Å². The molecule has 0 bridgehead atoms. The molecule has 2 amide bonds. The first-order valence-corrected chi connectivity index (χ1v) is 12.1. The van der Waals surface area contributed by atoms with Crippen LogP contribution in [-0.2, 0) is 24.5 Å². The van der Waals surface area contributed by atoms with Crippen molar-refractivity contribution in [2.45, 2.75) is 23.5 Å². The molecule has 2 heterocycles. The fourth-order valence-corrected chi connectivity index (χ4v) is 7.81. The molecule has 0 spiro atoms. The maximum absolute atomic E-state index is 12.8. The molecule has 0 aliphatic carbocycles. The van der Waals surface area contributed by atoms with Crippen molar-refractivity contribution in [1.82, 2.24) is 9.80 Å². The summed E-state index contributed by atoms with van der Waals surface area (Å²) >= 11 is 0. The van der Waals surface area contributed by atoms with E-state index in [9.17, 15) is 26.4 Å². The van der Waals surface area contributed by atoms with Crippen LogP contribution in [0, 0.1) is 0 Å². The lowest BCUT2D eigenvalue weighted by Gasteiger charge is -2.34. The minimum atomic E-state index is -3.82. The Bertz CT molecular complexity index is 963. The number of amides is 2. The van der Waals surface area contributed by atoms with Crippen LogP contribution >= 0.6 is 0 Å². The highest BCUT2D eigenvalue weighted by Crippen LogP contribution is 2.26. The molecule has 1 unspecified atom stereocenters. The van der Waals surface area contributed by atoms with E-state index >= 15 is 0 Å². The van der Waals surface area contributed by atoms with E-state index in [1.54, 1.807) is 15.9 Å². The molecular formula is C17H22N2O6S2. The summed E-state index contributed by atoms with van der Waals surface area (Å²) in [6.45, 7) is 3.14. The van der Waals surface area contributed by atoms with E-state index < -0.39 is 24.9 Å². The van der Waals surface area contributed by atoms with E-state index in [-0.39, 0.29) is 40.2 Å². The van der Waals surface area contributed by atoms with Crippen molar-refractivity contribution in [3.05, 3.63) is 29.8 Å². The molecule has 1 aromatic carbocycles. The smallest absolute Gasteiger partial charge is 0.254 e. The van der Waals surface area contributed by atoms with Crippen LogP contribution in [0.25, 0.3) is 0 Å². The third kappa shape index (κ3) is 4.16. The quantitative estimate of drug-likeness (QED) is 0.686. The molecule has 0 saturated carbocycles. The molecule has 3 rings (SSSR count).